The van der Waals surface area contributed by atoms with Crippen molar-refractivity contribution in [1.29, 1.82) is 0 Å². The summed E-state index contributed by atoms with van der Waals surface area (Å²) >= 11 is 0. The van der Waals surface area contributed by atoms with Crippen molar-refractivity contribution in [1.82, 2.24) is 9.88 Å². The molecule has 2 fully saturated rings. The molecule has 0 radical (unpaired) electrons. The summed E-state index contributed by atoms with van der Waals surface area (Å²) in [6.45, 7) is 1.98. The van der Waals surface area contributed by atoms with E-state index in [1.54, 1.807) is 0 Å². The zero-order chi connectivity index (χ0) is 11.0. The molecule has 3 rings (SSSR count). The van der Waals surface area contributed by atoms with Gasteiger partial charge in [0.05, 0.1) is 0 Å². The van der Waals surface area contributed by atoms with Gasteiger partial charge in [-0.1, -0.05) is 0 Å². The van der Waals surface area contributed by atoms with Gasteiger partial charge in [0, 0.05) is 30.9 Å². The predicted octanol–water partition coefficient (Wildman–Crippen LogP) is 1.49. The van der Waals surface area contributed by atoms with Crippen molar-refractivity contribution >= 4 is 6.41 Å². The van der Waals surface area contributed by atoms with Crippen LogP contribution in [0.3, 0.4) is 0 Å². The second kappa shape index (κ2) is 3.58. The molecule has 1 aliphatic heterocycles. The first-order valence-electron chi connectivity index (χ1n) is 5.88. The lowest BCUT2D eigenvalue weighted by molar-refractivity contribution is -0.141. The Morgan fingerprint density at radius 2 is 2.06 bits per heavy atom. The molecule has 3 heteroatoms. The largest absolute Gasteiger partial charge is 0.344 e. The molecule has 2 heterocycles. The van der Waals surface area contributed by atoms with Crippen molar-refractivity contribution in [3.8, 4) is 0 Å². The molecule has 0 unspecified atom stereocenters. The van der Waals surface area contributed by atoms with Crippen molar-refractivity contribution in [2.75, 3.05) is 13.1 Å². The highest BCUT2D eigenvalue weighted by Gasteiger charge is 2.51. The van der Waals surface area contributed by atoms with Gasteiger partial charge in [-0.2, -0.15) is 0 Å². The number of likely N-dealkylation sites (tertiary alicyclic amines) is 1. The summed E-state index contributed by atoms with van der Waals surface area (Å²) in [5, 5.41) is 0. The zero-order valence-electron chi connectivity index (χ0n) is 9.30. The lowest BCUT2D eigenvalue weighted by Crippen LogP contribution is -2.61. The smallest absolute Gasteiger partial charge is 0.209 e. The summed E-state index contributed by atoms with van der Waals surface area (Å²) in [6.07, 6.45) is 8.45. The van der Waals surface area contributed by atoms with Crippen LogP contribution < -0.4 is 0 Å². The molecule has 0 N–H and O–H groups in total. The summed E-state index contributed by atoms with van der Waals surface area (Å²) < 4.78 is 0. The molecule has 1 aliphatic carbocycles. The van der Waals surface area contributed by atoms with E-state index in [2.05, 4.69) is 17.1 Å². The van der Waals surface area contributed by atoms with Gasteiger partial charge in [-0.15, -0.1) is 0 Å². The Balaban J connectivity index is 1.50. The topological polar surface area (TPSA) is 33.2 Å². The third-order valence-electron chi connectivity index (χ3n) is 3.94. The molecule has 16 heavy (non-hydrogen) atoms. The summed E-state index contributed by atoms with van der Waals surface area (Å²) in [7, 11) is 0. The molecule has 1 spiro atoms. The van der Waals surface area contributed by atoms with E-state index < -0.39 is 0 Å². The summed E-state index contributed by atoms with van der Waals surface area (Å²) in [4.78, 5) is 16.4. The Bertz CT molecular complexity index is 376. The Labute approximate surface area is 95.5 Å². The van der Waals surface area contributed by atoms with Gasteiger partial charge in [0.2, 0.25) is 6.41 Å². The molecular formula is C13H16N2O. The third kappa shape index (κ3) is 1.60. The molecule has 0 bridgehead atoms. The van der Waals surface area contributed by atoms with Crippen molar-refractivity contribution in [2.24, 2.45) is 11.3 Å². The second-order valence-electron chi connectivity index (χ2n) is 5.34. The number of hydrogen-bond acceptors (Lipinski definition) is 2. The maximum absolute atomic E-state index is 10.5. The molecule has 0 aromatic carbocycles. The van der Waals surface area contributed by atoms with Crippen LogP contribution in [0.15, 0.2) is 24.5 Å². The maximum atomic E-state index is 10.5. The SMILES string of the molecule is O=CN1CC2(CC(Cc3ccncc3)C2)C1. The number of carbonyl (C=O) groups is 1. The van der Waals surface area contributed by atoms with E-state index in [0.29, 0.717) is 5.41 Å². The normalized spacial score (nSPS) is 22.6. The van der Waals surface area contributed by atoms with Crippen LogP contribution >= 0.6 is 0 Å². The van der Waals surface area contributed by atoms with Gasteiger partial charge in [0.15, 0.2) is 0 Å². The van der Waals surface area contributed by atoms with Gasteiger partial charge in [0.1, 0.15) is 0 Å². The average Bonchev–Trinajstić information content (AvgIpc) is 2.21. The lowest BCUT2D eigenvalue weighted by Gasteiger charge is -2.58. The summed E-state index contributed by atoms with van der Waals surface area (Å²) in [5.41, 5.74) is 1.89. The first kappa shape index (κ1) is 9.82. The number of pyridine rings is 1. The van der Waals surface area contributed by atoms with E-state index in [1.165, 1.54) is 24.8 Å². The first-order valence-corrected chi connectivity index (χ1v) is 5.88. The van der Waals surface area contributed by atoms with Crippen molar-refractivity contribution in [2.45, 2.75) is 19.3 Å². The standard InChI is InChI=1S/C13H16N2O/c16-10-15-8-13(9-15)6-12(7-13)5-11-1-3-14-4-2-11/h1-4,10,12H,5-9H2. The fourth-order valence-electron chi connectivity index (χ4n) is 3.31. The van der Waals surface area contributed by atoms with Crippen LogP contribution in [0, 0.1) is 11.3 Å². The van der Waals surface area contributed by atoms with Gasteiger partial charge < -0.3 is 4.90 Å². The van der Waals surface area contributed by atoms with E-state index in [9.17, 15) is 4.79 Å². The molecular weight excluding hydrogens is 200 g/mol. The van der Waals surface area contributed by atoms with Crippen LogP contribution in [0.2, 0.25) is 0 Å². The lowest BCUT2D eigenvalue weighted by atomic mass is 9.57. The Hall–Kier alpha value is -1.38. The van der Waals surface area contributed by atoms with Crippen LogP contribution in [0.1, 0.15) is 18.4 Å². The van der Waals surface area contributed by atoms with E-state index in [4.69, 9.17) is 0 Å². The minimum Gasteiger partial charge on any atom is -0.344 e. The fourth-order valence-corrected chi connectivity index (χ4v) is 3.31. The van der Waals surface area contributed by atoms with Crippen molar-refractivity contribution in [3.05, 3.63) is 30.1 Å². The molecule has 84 valence electrons. The molecule has 2 aliphatic rings. The third-order valence-corrected chi connectivity index (χ3v) is 3.94. The molecule has 1 saturated heterocycles. The van der Waals surface area contributed by atoms with Gasteiger partial charge in [0.25, 0.3) is 0 Å². The Morgan fingerprint density at radius 3 is 2.69 bits per heavy atom. The van der Waals surface area contributed by atoms with Crippen LogP contribution in [-0.4, -0.2) is 29.4 Å². The van der Waals surface area contributed by atoms with E-state index in [0.717, 1.165) is 25.4 Å². The number of rotatable bonds is 3. The van der Waals surface area contributed by atoms with Crippen LogP contribution in [-0.2, 0) is 11.2 Å². The Kier molecular flexibility index (Phi) is 2.20. The average molecular weight is 216 g/mol. The minimum atomic E-state index is 0.499. The summed E-state index contributed by atoms with van der Waals surface area (Å²) in [6, 6.07) is 4.20. The fraction of sp³-hybridized carbons (Fsp3) is 0.538. The minimum absolute atomic E-state index is 0.499. The van der Waals surface area contributed by atoms with Crippen molar-refractivity contribution in [3.63, 3.8) is 0 Å². The van der Waals surface area contributed by atoms with E-state index >= 15 is 0 Å². The van der Waals surface area contributed by atoms with Crippen LogP contribution in [0.4, 0.5) is 0 Å². The number of hydrogen-bond donors (Lipinski definition) is 0. The van der Waals surface area contributed by atoms with Crippen molar-refractivity contribution < 1.29 is 4.79 Å². The van der Waals surface area contributed by atoms with Gasteiger partial charge in [-0.25, -0.2) is 0 Å². The highest BCUT2D eigenvalue weighted by Crippen LogP contribution is 2.52. The molecule has 1 aromatic heterocycles. The maximum Gasteiger partial charge on any atom is 0.209 e. The number of carbonyl (C=O) groups excluding carboxylic acids is 1. The number of nitrogens with zero attached hydrogens (tertiary/aromatic N) is 2. The van der Waals surface area contributed by atoms with Gasteiger partial charge >= 0.3 is 0 Å². The molecule has 0 atom stereocenters. The highest BCUT2D eigenvalue weighted by atomic mass is 16.1. The molecule has 1 saturated carbocycles. The molecule has 3 nitrogen and oxygen atoms in total. The van der Waals surface area contributed by atoms with Crippen LogP contribution in [0.25, 0.3) is 0 Å². The quantitative estimate of drug-likeness (QED) is 0.717. The molecule has 1 aromatic rings. The number of amides is 1. The van der Waals surface area contributed by atoms with Crippen LogP contribution in [0.5, 0.6) is 0 Å². The number of aromatic nitrogens is 1. The van der Waals surface area contributed by atoms with Gasteiger partial charge in [-0.05, 0) is 42.9 Å². The van der Waals surface area contributed by atoms with E-state index in [1.807, 2.05) is 17.3 Å². The second-order valence-corrected chi connectivity index (χ2v) is 5.34. The first-order chi connectivity index (χ1) is 7.80. The highest BCUT2D eigenvalue weighted by molar-refractivity contribution is 5.49. The molecule has 1 amide bonds. The monoisotopic (exact) mass is 216 g/mol. The predicted molar refractivity (Wildman–Crippen MR) is 60.7 cm³/mol. The van der Waals surface area contributed by atoms with Gasteiger partial charge in [-0.3, -0.25) is 9.78 Å². The zero-order valence-corrected chi connectivity index (χ0v) is 9.30. The van der Waals surface area contributed by atoms with E-state index in [-0.39, 0.29) is 0 Å². The summed E-state index contributed by atoms with van der Waals surface area (Å²) in [5.74, 6) is 0.816. The Morgan fingerprint density at radius 1 is 1.38 bits per heavy atom.